The lowest BCUT2D eigenvalue weighted by molar-refractivity contribution is 0.566. The average Bonchev–Trinajstić information content (AvgIpc) is 2.29. The Bertz CT molecular complexity index is 331. The molecule has 2 rings (SSSR count). The van der Waals surface area contributed by atoms with Crippen LogP contribution in [0.25, 0.3) is 0 Å². The van der Waals surface area contributed by atoms with Crippen molar-refractivity contribution < 1.29 is 0 Å². The van der Waals surface area contributed by atoms with E-state index in [1.54, 1.807) is 0 Å². The Morgan fingerprint density at radius 3 is 2.67 bits per heavy atom. The summed E-state index contributed by atoms with van der Waals surface area (Å²) < 4.78 is 0. The van der Waals surface area contributed by atoms with E-state index in [9.17, 15) is 0 Å². The smallest absolute Gasteiger partial charge is 0.225 e. The summed E-state index contributed by atoms with van der Waals surface area (Å²) in [6, 6.07) is 1.95. The van der Waals surface area contributed by atoms with Gasteiger partial charge < -0.3 is 10.6 Å². The minimum absolute atomic E-state index is 0.490. The van der Waals surface area contributed by atoms with Crippen LogP contribution in [-0.4, -0.2) is 23.1 Å². The molecule has 15 heavy (non-hydrogen) atoms. The zero-order valence-electron chi connectivity index (χ0n) is 9.24. The molecule has 0 aromatic carbocycles. The van der Waals surface area contributed by atoms with E-state index >= 15 is 0 Å². The lowest BCUT2D eigenvalue weighted by Crippen LogP contribution is -2.31. The molecule has 1 saturated heterocycles. The van der Waals surface area contributed by atoms with E-state index in [0.29, 0.717) is 6.54 Å². The zero-order valence-corrected chi connectivity index (χ0v) is 9.24. The minimum atomic E-state index is 0.490. The van der Waals surface area contributed by atoms with Crippen LogP contribution in [-0.2, 0) is 6.54 Å². The van der Waals surface area contributed by atoms with Crippen LogP contribution < -0.4 is 10.6 Å². The zero-order chi connectivity index (χ0) is 10.7. The highest BCUT2D eigenvalue weighted by Crippen LogP contribution is 2.16. The van der Waals surface area contributed by atoms with Crippen molar-refractivity contribution in [2.24, 2.45) is 5.73 Å². The maximum atomic E-state index is 5.61. The summed E-state index contributed by atoms with van der Waals surface area (Å²) in [6.45, 7) is 4.64. The fraction of sp³-hybridized carbons (Fsp3) is 0.636. The number of nitrogens with zero attached hydrogens (tertiary/aromatic N) is 3. The van der Waals surface area contributed by atoms with E-state index in [2.05, 4.69) is 14.9 Å². The van der Waals surface area contributed by atoms with E-state index < -0.39 is 0 Å². The third-order valence-corrected chi connectivity index (χ3v) is 2.74. The van der Waals surface area contributed by atoms with Gasteiger partial charge in [0.2, 0.25) is 5.95 Å². The molecule has 4 heteroatoms. The molecule has 1 fully saturated rings. The molecule has 1 aliphatic rings. The van der Waals surface area contributed by atoms with Gasteiger partial charge in [-0.1, -0.05) is 0 Å². The highest BCUT2D eigenvalue weighted by Gasteiger charge is 2.14. The van der Waals surface area contributed by atoms with Crippen LogP contribution in [0.5, 0.6) is 0 Å². The van der Waals surface area contributed by atoms with Crippen molar-refractivity contribution in [2.75, 3.05) is 18.0 Å². The van der Waals surface area contributed by atoms with Crippen molar-refractivity contribution in [1.82, 2.24) is 9.97 Å². The van der Waals surface area contributed by atoms with E-state index in [1.165, 1.54) is 19.3 Å². The Balaban J connectivity index is 2.22. The van der Waals surface area contributed by atoms with Gasteiger partial charge in [-0.25, -0.2) is 9.97 Å². The van der Waals surface area contributed by atoms with Crippen LogP contribution in [0, 0.1) is 6.92 Å². The van der Waals surface area contributed by atoms with Crippen LogP contribution in [0.3, 0.4) is 0 Å². The maximum absolute atomic E-state index is 5.61. The molecule has 0 aliphatic carbocycles. The van der Waals surface area contributed by atoms with Gasteiger partial charge in [-0.3, -0.25) is 0 Å². The molecule has 2 N–H and O–H groups in total. The predicted octanol–water partition coefficient (Wildman–Crippen LogP) is 1.23. The highest BCUT2D eigenvalue weighted by molar-refractivity contribution is 5.32. The predicted molar refractivity (Wildman–Crippen MR) is 60.7 cm³/mol. The number of aromatic nitrogens is 2. The second-order valence-electron chi connectivity index (χ2n) is 4.05. The van der Waals surface area contributed by atoms with Crippen LogP contribution in [0.4, 0.5) is 5.95 Å². The molecule has 1 aromatic heterocycles. The van der Waals surface area contributed by atoms with E-state index in [1.807, 2.05) is 13.0 Å². The van der Waals surface area contributed by atoms with Crippen LogP contribution in [0.1, 0.15) is 30.7 Å². The molecule has 1 aliphatic heterocycles. The molecule has 0 bridgehead atoms. The Morgan fingerprint density at radius 2 is 2.00 bits per heavy atom. The molecule has 0 spiro atoms. The van der Waals surface area contributed by atoms with Crippen molar-refractivity contribution in [3.63, 3.8) is 0 Å². The summed E-state index contributed by atoms with van der Waals surface area (Å²) in [5.41, 5.74) is 7.55. The van der Waals surface area contributed by atoms with Gasteiger partial charge >= 0.3 is 0 Å². The monoisotopic (exact) mass is 206 g/mol. The Kier molecular flexibility index (Phi) is 3.16. The quantitative estimate of drug-likeness (QED) is 0.791. The van der Waals surface area contributed by atoms with Gasteiger partial charge in [0.15, 0.2) is 0 Å². The highest BCUT2D eigenvalue weighted by atomic mass is 15.3. The SMILES string of the molecule is Cc1cc(CN)nc(N2CCCCC2)n1. The minimum Gasteiger partial charge on any atom is -0.341 e. The summed E-state index contributed by atoms with van der Waals surface area (Å²) in [5.74, 6) is 0.857. The molecular weight excluding hydrogens is 188 g/mol. The Hall–Kier alpha value is -1.16. The second-order valence-corrected chi connectivity index (χ2v) is 4.05. The normalized spacial score (nSPS) is 16.8. The van der Waals surface area contributed by atoms with E-state index in [0.717, 1.165) is 30.4 Å². The van der Waals surface area contributed by atoms with Gasteiger partial charge in [0.1, 0.15) is 0 Å². The molecule has 0 unspecified atom stereocenters. The third kappa shape index (κ3) is 2.45. The molecule has 2 heterocycles. The second kappa shape index (κ2) is 4.57. The molecule has 0 amide bonds. The van der Waals surface area contributed by atoms with Gasteiger partial charge in [-0.05, 0) is 32.3 Å². The number of aryl methyl sites for hydroxylation is 1. The lowest BCUT2D eigenvalue weighted by Gasteiger charge is -2.27. The average molecular weight is 206 g/mol. The Morgan fingerprint density at radius 1 is 1.27 bits per heavy atom. The number of nitrogens with two attached hydrogens (primary N) is 1. The van der Waals surface area contributed by atoms with Crippen LogP contribution in [0.15, 0.2) is 6.07 Å². The van der Waals surface area contributed by atoms with E-state index in [4.69, 9.17) is 5.73 Å². The fourth-order valence-electron chi connectivity index (χ4n) is 1.96. The van der Waals surface area contributed by atoms with Gasteiger partial charge in [0.25, 0.3) is 0 Å². The number of hydrogen-bond donors (Lipinski definition) is 1. The summed E-state index contributed by atoms with van der Waals surface area (Å²) in [7, 11) is 0. The fourth-order valence-corrected chi connectivity index (χ4v) is 1.96. The molecular formula is C11H18N4. The van der Waals surface area contributed by atoms with Gasteiger partial charge in [0, 0.05) is 25.3 Å². The number of rotatable bonds is 2. The van der Waals surface area contributed by atoms with Crippen LogP contribution >= 0.6 is 0 Å². The third-order valence-electron chi connectivity index (χ3n) is 2.74. The van der Waals surface area contributed by atoms with Crippen molar-refractivity contribution in [3.8, 4) is 0 Å². The molecule has 1 aromatic rings. The van der Waals surface area contributed by atoms with Crippen molar-refractivity contribution in [2.45, 2.75) is 32.7 Å². The van der Waals surface area contributed by atoms with Crippen molar-refractivity contribution in [3.05, 3.63) is 17.5 Å². The number of piperidine rings is 1. The first-order valence-corrected chi connectivity index (χ1v) is 5.59. The molecule has 0 saturated carbocycles. The first-order chi connectivity index (χ1) is 7.29. The standard InChI is InChI=1S/C11H18N4/c1-9-7-10(8-12)14-11(13-9)15-5-3-2-4-6-15/h7H,2-6,8,12H2,1H3. The maximum Gasteiger partial charge on any atom is 0.225 e. The number of anilines is 1. The molecule has 82 valence electrons. The first kappa shape index (κ1) is 10.4. The summed E-state index contributed by atoms with van der Waals surface area (Å²) in [6.07, 6.45) is 3.82. The molecule has 0 atom stereocenters. The Labute approximate surface area is 90.5 Å². The largest absolute Gasteiger partial charge is 0.341 e. The van der Waals surface area contributed by atoms with Gasteiger partial charge in [-0.15, -0.1) is 0 Å². The van der Waals surface area contributed by atoms with Crippen molar-refractivity contribution >= 4 is 5.95 Å². The van der Waals surface area contributed by atoms with Gasteiger partial charge in [-0.2, -0.15) is 0 Å². The summed E-state index contributed by atoms with van der Waals surface area (Å²) in [4.78, 5) is 11.2. The first-order valence-electron chi connectivity index (χ1n) is 5.59. The molecule has 4 nitrogen and oxygen atoms in total. The molecule has 0 radical (unpaired) electrons. The summed E-state index contributed by atoms with van der Waals surface area (Å²) >= 11 is 0. The summed E-state index contributed by atoms with van der Waals surface area (Å²) in [5, 5.41) is 0. The lowest BCUT2D eigenvalue weighted by atomic mass is 10.1. The van der Waals surface area contributed by atoms with E-state index in [-0.39, 0.29) is 0 Å². The topological polar surface area (TPSA) is 55.0 Å². The number of hydrogen-bond acceptors (Lipinski definition) is 4. The van der Waals surface area contributed by atoms with Crippen molar-refractivity contribution in [1.29, 1.82) is 0 Å². The van der Waals surface area contributed by atoms with Gasteiger partial charge in [0.05, 0.1) is 5.69 Å². The van der Waals surface area contributed by atoms with Crippen LogP contribution in [0.2, 0.25) is 0 Å².